The number of alkyl halides is 3. The van der Waals surface area contributed by atoms with Crippen LogP contribution in [0.3, 0.4) is 0 Å². The van der Waals surface area contributed by atoms with Crippen molar-refractivity contribution < 1.29 is 13.2 Å². The lowest BCUT2D eigenvalue weighted by molar-refractivity contribution is -0.132. The number of rotatable bonds is 2. The number of amidine groups is 1. The highest BCUT2D eigenvalue weighted by atomic mass is 32.2. The molecule has 1 saturated heterocycles. The number of nitrogens with zero attached hydrogens (tertiary/aromatic N) is 1. The SMILES string of the molecule is CC1CCSC(=NCCC(F)(F)F)N1. The van der Waals surface area contributed by atoms with Gasteiger partial charge in [-0.25, -0.2) is 0 Å². The van der Waals surface area contributed by atoms with Gasteiger partial charge in [-0.15, -0.1) is 0 Å². The summed E-state index contributed by atoms with van der Waals surface area (Å²) in [5, 5.41) is 3.69. The zero-order valence-corrected chi connectivity index (χ0v) is 8.71. The van der Waals surface area contributed by atoms with Gasteiger partial charge in [-0.3, -0.25) is 4.99 Å². The molecule has 1 N–H and O–H groups in total. The molecule has 1 rings (SSSR count). The molecule has 0 bridgehead atoms. The van der Waals surface area contributed by atoms with Crippen LogP contribution in [-0.2, 0) is 0 Å². The summed E-state index contributed by atoms with van der Waals surface area (Å²) >= 11 is 1.49. The van der Waals surface area contributed by atoms with Crippen LogP contribution in [0.15, 0.2) is 4.99 Å². The zero-order valence-electron chi connectivity index (χ0n) is 7.90. The molecular weight excluding hydrogens is 213 g/mol. The Morgan fingerprint density at radius 2 is 2.29 bits per heavy atom. The Morgan fingerprint density at radius 1 is 1.57 bits per heavy atom. The third-order valence-corrected chi connectivity index (χ3v) is 2.77. The molecule has 14 heavy (non-hydrogen) atoms. The Hall–Kier alpha value is -0.390. The molecule has 0 aromatic rings. The van der Waals surface area contributed by atoms with Crippen molar-refractivity contribution in [1.29, 1.82) is 0 Å². The highest BCUT2D eigenvalue weighted by Gasteiger charge is 2.26. The second kappa shape index (κ2) is 4.91. The van der Waals surface area contributed by atoms with Gasteiger partial charge in [0.2, 0.25) is 0 Å². The van der Waals surface area contributed by atoms with Gasteiger partial charge in [0.25, 0.3) is 0 Å². The van der Waals surface area contributed by atoms with Gasteiger partial charge in [-0.2, -0.15) is 13.2 Å². The first kappa shape index (κ1) is 11.7. The normalized spacial score (nSPS) is 26.3. The van der Waals surface area contributed by atoms with Crippen molar-refractivity contribution in [3.05, 3.63) is 0 Å². The lowest BCUT2D eigenvalue weighted by atomic mass is 10.3. The first-order valence-corrected chi connectivity index (χ1v) is 5.46. The molecule has 1 heterocycles. The molecular formula is C8H13F3N2S. The number of halogens is 3. The Balaban J connectivity index is 2.30. The molecule has 2 nitrogen and oxygen atoms in total. The van der Waals surface area contributed by atoms with Gasteiger partial charge in [0.1, 0.15) is 0 Å². The van der Waals surface area contributed by atoms with Crippen LogP contribution in [0.25, 0.3) is 0 Å². The monoisotopic (exact) mass is 226 g/mol. The smallest absolute Gasteiger partial charge is 0.362 e. The predicted octanol–water partition coefficient (Wildman–Crippen LogP) is 2.41. The van der Waals surface area contributed by atoms with Gasteiger partial charge in [0.05, 0.1) is 13.0 Å². The third kappa shape index (κ3) is 4.74. The van der Waals surface area contributed by atoms with E-state index in [4.69, 9.17) is 0 Å². The Bertz CT molecular complexity index is 215. The lowest BCUT2D eigenvalue weighted by Gasteiger charge is -2.21. The molecule has 82 valence electrons. The van der Waals surface area contributed by atoms with Gasteiger partial charge >= 0.3 is 6.18 Å². The minimum Gasteiger partial charge on any atom is -0.362 e. The number of hydrogen-bond donors (Lipinski definition) is 1. The van der Waals surface area contributed by atoms with E-state index in [1.807, 2.05) is 6.92 Å². The van der Waals surface area contributed by atoms with Crippen LogP contribution in [-0.4, -0.2) is 29.7 Å². The molecule has 1 aliphatic heterocycles. The van der Waals surface area contributed by atoms with Crippen molar-refractivity contribution in [2.24, 2.45) is 4.99 Å². The molecule has 1 aliphatic rings. The van der Waals surface area contributed by atoms with E-state index in [2.05, 4.69) is 10.3 Å². The maximum absolute atomic E-state index is 11.8. The fourth-order valence-electron chi connectivity index (χ4n) is 1.03. The number of aliphatic imine (C=N–C) groups is 1. The molecule has 0 aliphatic carbocycles. The van der Waals surface area contributed by atoms with Crippen LogP contribution in [0, 0.1) is 0 Å². The third-order valence-electron chi connectivity index (χ3n) is 1.81. The largest absolute Gasteiger partial charge is 0.390 e. The number of thioether (sulfide) groups is 1. The lowest BCUT2D eigenvalue weighted by Crippen LogP contribution is -2.35. The topological polar surface area (TPSA) is 24.4 Å². The maximum atomic E-state index is 11.8. The molecule has 1 atom stereocenters. The number of hydrogen-bond acceptors (Lipinski definition) is 2. The summed E-state index contributed by atoms with van der Waals surface area (Å²) in [5.41, 5.74) is 0. The van der Waals surface area contributed by atoms with E-state index in [1.54, 1.807) is 0 Å². The van der Waals surface area contributed by atoms with Crippen LogP contribution < -0.4 is 5.32 Å². The molecule has 0 spiro atoms. The summed E-state index contributed by atoms with van der Waals surface area (Å²) in [6.45, 7) is 1.82. The highest BCUT2D eigenvalue weighted by molar-refractivity contribution is 8.13. The van der Waals surface area contributed by atoms with Gasteiger partial charge < -0.3 is 5.32 Å². The van der Waals surface area contributed by atoms with E-state index < -0.39 is 12.6 Å². The summed E-state index contributed by atoms with van der Waals surface area (Å²) in [4.78, 5) is 3.87. The van der Waals surface area contributed by atoms with Crippen molar-refractivity contribution in [3.63, 3.8) is 0 Å². The summed E-state index contributed by atoms with van der Waals surface area (Å²) < 4.78 is 35.4. The average Bonchev–Trinajstić information content (AvgIpc) is 2.01. The van der Waals surface area contributed by atoms with Crippen molar-refractivity contribution in [3.8, 4) is 0 Å². The first-order chi connectivity index (χ1) is 6.47. The van der Waals surface area contributed by atoms with E-state index >= 15 is 0 Å². The molecule has 0 aromatic heterocycles. The summed E-state index contributed by atoms with van der Waals surface area (Å²) in [5.74, 6) is 0.930. The van der Waals surface area contributed by atoms with Crippen LogP contribution >= 0.6 is 11.8 Å². The summed E-state index contributed by atoms with van der Waals surface area (Å²) in [7, 11) is 0. The van der Waals surface area contributed by atoms with Crippen LogP contribution in [0.5, 0.6) is 0 Å². The highest BCUT2D eigenvalue weighted by Crippen LogP contribution is 2.20. The zero-order chi connectivity index (χ0) is 10.6. The van der Waals surface area contributed by atoms with Crippen molar-refractivity contribution >= 4 is 16.9 Å². The van der Waals surface area contributed by atoms with Crippen molar-refractivity contribution in [2.75, 3.05) is 12.3 Å². The average molecular weight is 226 g/mol. The van der Waals surface area contributed by atoms with Crippen LogP contribution in [0.4, 0.5) is 13.2 Å². The van der Waals surface area contributed by atoms with Crippen LogP contribution in [0.1, 0.15) is 19.8 Å². The van der Waals surface area contributed by atoms with E-state index in [9.17, 15) is 13.2 Å². The first-order valence-electron chi connectivity index (χ1n) is 4.48. The Labute approximate surface area is 85.4 Å². The van der Waals surface area contributed by atoms with Gasteiger partial charge in [0.15, 0.2) is 5.17 Å². The molecule has 0 amide bonds. The Morgan fingerprint density at radius 3 is 2.86 bits per heavy atom. The van der Waals surface area contributed by atoms with E-state index in [0.29, 0.717) is 11.2 Å². The molecule has 0 saturated carbocycles. The minimum absolute atomic E-state index is 0.175. The van der Waals surface area contributed by atoms with E-state index in [0.717, 1.165) is 12.2 Å². The van der Waals surface area contributed by atoms with Gasteiger partial charge in [-0.1, -0.05) is 11.8 Å². The van der Waals surface area contributed by atoms with Gasteiger partial charge in [0, 0.05) is 11.8 Å². The number of nitrogens with one attached hydrogen (secondary N) is 1. The fourth-order valence-corrected chi connectivity index (χ4v) is 2.16. The minimum atomic E-state index is -4.10. The van der Waals surface area contributed by atoms with Crippen LogP contribution in [0.2, 0.25) is 0 Å². The standard InChI is InChI=1S/C8H13F3N2S/c1-6-2-5-14-7(13-6)12-4-3-8(9,10)11/h6H,2-5H2,1H3,(H,12,13). The van der Waals surface area contributed by atoms with Crippen molar-refractivity contribution in [2.45, 2.75) is 32.0 Å². The molecule has 1 unspecified atom stereocenters. The summed E-state index contributed by atoms with van der Waals surface area (Å²) in [6.07, 6.45) is -3.91. The van der Waals surface area contributed by atoms with Gasteiger partial charge in [-0.05, 0) is 13.3 Å². The maximum Gasteiger partial charge on any atom is 0.390 e. The van der Waals surface area contributed by atoms with E-state index in [1.165, 1.54) is 11.8 Å². The molecule has 1 fully saturated rings. The molecule has 0 radical (unpaired) electrons. The Kier molecular flexibility index (Phi) is 4.10. The molecule has 6 heteroatoms. The quantitative estimate of drug-likeness (QED) is 0.782. The molecule has 0 aromatic carbocycles. The second-order valence-corrected chi connectivity index (χ2v) is 4.32. The second-order valence-electron chi connectivity index (χ2n) is 3.23. The fraction of sp³-hybridized carbons (Fsp3) is 0.875. The predicted molar refractivity (Wildman–Crippen MR) is 52.6 cm³/mol. The van der Waals surface area contributed by atoms with E-state index in [-0.39, 0.29) is 6.54 Å². The summed E-state index contributed by atoms with van der Waals surface area (Å²) in [6, 6.07) is 0.320. The van der Waals surface area contributed by atoms with Crippen molar-refractivity contribution in [1.82, 2.24) is 5.32 Å².